The zero-order chi connectivity index (χ0) is 18.1. The highest BCUT2D eigenvalue weighted by molar-refractivity contribution is 5.83. The van der Waals surface area contributed by atoms with Gasteiger partial charge in [-0.05, 0) is 53.8 Å². The Morgan fingerprint density at radius 1 is 1.04 bits per heavy atom. The van der Waals surface area contributed by atoms with Gasteiger partial charge in [0.25, 0.3) is 0 Å². The highest BCUT2D eigenvalue weighted by Crippen LogP contribution is 2.49. The van der Waals surface area contributed by atoms with Crippen LogP contribution in [0.2, 0.25) is 0 Å². The van der Waals surface area contributed by atoms with Crippen LogP contribution < -0.4 is 31.1 Å². The Morgan fingerprint density at radius 3 is 2.40 bits per heavy atom. The van der Waals surface area contributed by atoms with Crippen LogP contribution in [0, 0.1) is 0 Å². The molecule has 0 heterocycles. The Labute approximate surface area is 146 Å². The molecule has 0 saturated heterocycles. The molecule has 6 heteroatoms. The summed E-state index contributed by atoms with van der Waals surface area (Å²) in [7, 11) is 4.73. The van der Waals surface area contributed by atoms with Gasteiger partial charge in [-0.25, -0.2) is 0 Å². The summed E-state index contributed by atoms with van der Waals surface area (Å²) >= 11 is 0. The lowest BCUT2D eigenvalue weighted by atomic mass is 9.95. The van der Waals surface area contributed by atoms with Crippen molar-refractivity contribution in [3.63, 3.8) is 0 Å². The quantitative estimate of drug-likeness (QED) is 0.888. The van der Waals surface area contributed by atoms with Gasteiger partial charge >= 0.3 is 0 Å². The van der Waals surface area contributed by atoms with Gasteiger partial charge in [0, 0.05) is 11.6 Å². The second-order valence-corrected chi connectivity index (χ2v) is 5.99. The van der Waals surface area contributed by atoms with Gasteiger partial charge in [0.1, 0.15) is 0 Å². The van der Waals surface area contributed by atoms with Crippen LogP contribution in [0.4, 0.5) is 5.69 Å². The Hall–Kier alpha value is -2.73. The van der Waals surface area contributed by atoms with Gasteiger partial charge < -0.3 is 25.7 Å². The van der Waals surface area contributed by atoms with Crippen molar-refractivity contribution in [3.05, 3.63) is 45.6 Å². The molecule has 1 atom stereocenters. The third-order valence-electron chi connectivity index (χ3n) is 4.61. The van der Waals surface area contributed by atoms with Crippen LogP contribution in [0.25, 0.3) is 11.1 Å². The van der Waals surface area contributed by atoms with E-state index in [-0.39, 0.29) is 17.2 Å². The summed E-state index contributed by atoms with van der Waals surface area (Å²) in [5.41, 5.74) is 15.7. The van der Waals surface area contributed by atoms with E-state index >= 15 is 0 Å². The maximum absolute atomic E-state index is 12.0. The fraction of sp³-hybridized carbons (Fsp3) is 0.316. The van der Waals surface area contributed by atoms with Crippen molar-refractivity contribution in [2.75, 3.05) is 27.1 Å². The molecule has 1 aliphatic rings. The van der Waals surface area contributed by atoms with Gasteiger partial charge in [-0.2, -0.15) is 0 Å². The van der Waals surface area contributed by atoms with E-state index < -0.39 is 0 Å². The second kappa shape index (κ2) is 6.64. The Kier molecular flexibility index (Phi) is 4.55. The van der Waals surface area contributed by atoms with Crippen LogP contribution in [0.1, 0.15) is 23.6 Å². The summed E-state index contributed by atoms with van der Waals surface area (Å²) in [5, 5.41) is 0. The fourth-order valence-corrected chi connectivity index (χ4v) is 3.37. The number of hydrogen-bond donors (Lipinski definition) is 2. The number of fused-ring (bicyclic) bond motifs is 3. The molecule has 4 N–H and O–H groups in total. The molecule has 132 valence electrons. The van der Waals surface area contributed by atoms with E-state index in [1.165, 1.54) is 6.07 Å². The van der Waals surface area contributed by atoms with Gasteiger partial charge in [0.15, 0.2) is 11.5 Å². The minimum atomic E-state index is -0.238. The lowest BCUT2D eigenvalue weighted by molar-refractivity contribution is 0.324. The maximum atomic E-state index is 12.0. The minimum absolute atomic E-state index is 0.180. The molecule has 0 amide bonds. The molecule has 25 heavy (non-hydrogen) atoms. The number of benzene rings is 1. The average molecular weight is 342 g/mol. The molecule has 0 saturated carbocycles. The summed E-state index contributed by atoms with van der Waals surface area (Å²) in [6.07, 6.45) is 1.46. The molecular formula is C19H22N2O4. The van der Waals surface area contributed by atoms with E-state index in [0.717, 1.165) is 35.1 Å². The van der Waals surface area contributed by atoms with E-state index in [4.69, 9.17) is 25.7 Å². The zero-order valence-electron chi connectivity index (χ0n) is 14.6. The van der Waals surface area contributed by atoms with E-state index in [1.54, 1.807) is 33.5 Å². The lowest BCUT2D eigenvalue weighted by Gasteiger charge is -2.19. The van der Waals surface area contributed by atoms with E-state index in [0.29, 0.717) is 17.2 Å². The van der Waals surface area contributed by atoms with Crippen molar-refractivity contribution >= 4 is 5.69 Å². The van der Waals surface area contributed by atoms with Crippen LogP contribution in [0.3, 0.4) is 0 Å². The standard InChI is InChI=1S/C19H22N2O4/c1-23-16-8-10-4-6-13(20)12-9-14(21)15(22)7-5-11(12)17(10)19(25-3)18(16)24-2/h5,7-9,13H,4,6,20H2,1-3H3,(H2,21,22)/t13-/m0/s1. The molecule has 2 aromatic rings. The number of nitrogens with two attached hydrogens (primary N) is 2. The van der Waals surface area contributed by atoms with Gasteiger partial charge in [0.2, 0.25) is 11.2 Å². The molecule has 2 aromatic carbocycles. The third kappa shape index (κ3) is 2.78. The molecule has 0 bridgehead atoms. The van der Waals surface area contributed by atoms with Crippen LogP contribution in [0.5, 0.6) is 17.2 Å². The number of aryl methyl sites for hydroxylation is 1. The van der Waals surface area contributed by atoms with Gasteiger partial charge in [-0.15, -0.1) is 0 Å². The molecule has 0 radical (unpaired) electrons. The first-order valence-electron chi connectivity index (χ1n) is 8.03. The molecule has 0 unspecified atom stereocenters. The number of anilines is 1. The molecule has 0 fully saturated rings. The Bertz CT molecular complexity index is 880. The normalized spacial score (nSPS) is 15.6. The Morgan fingerprint density at radius 2 is 1.76 bits per heavy atom. The first-order chi connectivity index (χ1) is 12.0. The monoisotopic (exact) mass is 342 g/mol. The fourth-order valence-electron chi connectivity index (χ4n) is 3.37. The zero-order valence-corrected chi connectivity index (χ0v) is 14.6. The molecule has 6 nitrogen and oxygen atoms in total. The summed E-state index contributed by atoms with van der Waals surface area (Å²) < 4.78 is 16.6. The van der Waals surface area contributed by atoms with Crippen LogP contribution >= 0.6 is 0 Å². The number of ether oxygens (including phenoxy) is 3. The van der Waals surface area contributed by atoms with Crippen LogP contribution in [-0.2, 0) is 6.42 Å². The van der Waals surface area contributed by atoms with Crippen molar-refractivity contribution in [1.29, 1.82) is 0 Å². The number of rotatable bonds is 3. The smallest absolute Gasteiger partial charge is 0.203 e. The molecule has 1 aliphatic carbocycles. The molecule has 0 aliphatic heterocycles. The first kappa shape index (κ1) is 17.1. The highest BCUT2D eigenvalue weighted by Gasteiger charge is 2.27. The van der Waals surface area contributed by atoms with Crippen molar-refractivity contribution in [2.45, 2.75) is 18.9 Å². The van der Waals surface area contributed by atoms with Gasteiger partial charge in [-0.1, -0.05) is 0 Å². The maximum Gasteiger partial charge on any atom is 0.203 e. The largest absolute Gasteiger partial charge is 0.493 e. The summed E-state index contributed by atoms with van der Waals surface area (Å²) in [4.78, 5) is 12.0. The van der Waals surface area contributed by atoms with E-state index in [1.807, 2.05) is 6.07 Å². The summed E-state index contributed by atoms with van der Waals surface area (Å²) in [5.74, 6) is 1.66. The average Bonchev–Trinajstić information content (AvgIpc) is 2.84. The number of nitrogen functional groups attached to an aromatic ring is 1. The third-order valence-corrected chi connectivity index (χ3v) is 4.61. The summed E-state index contributed by atoms with van der Waals surface area (Å²) in [6, 6.07) is 6.59. The highest BCUT2D eigenvalue weighted by atomic mass is 16.5. The van der Waals surface area contributed by atoms with Crippen molar-refractivity contribution in [3.8, 4) is 28.4 Å². The first-order valence-corrected chi connectivity index (χ1v) is 8.03. The van der Waals surface area contributed by atoms with Crippen LogP contribution in [0.15, 0.2) is 29.1 Å². The lowest BCUT2D eigenvalue weighted by Crippen LogP contribution is -2.11. The van der Waals surface area contributed by atoms with Crippen molar-refractivity contribution in [2.24, 2.45) is 5.73 Å². The SMILES string of the molecule is COc1cc2c(c(OC)c1OC)-c1ccc(=O)c(N)cc1[C@@H](N)CC2. The van der Waals surface area contributed by atoms with Gasteiger partial charge in [0.05, 0.1) is 27.0 Å². The Balaban J connectivity index is 2.45. The number of methoxy groups -OCH3 is 3. The summed E-state index contributed by atoms with van der Waals surface area (Å²) in [6.45, 7) is 0. The van der Waals surface area contributed by atoms with Crippen molar-refractivity contribution < 1.29 is 14.2 Å². The molecule has 3 rings (SSSR count). The predicted octanol–water partition coefficient (Wildman–Crippen LogP) is 2.27. The second-order valence-electron chi connectivity index (χ2n) is 5.99. The minimum Gasteiger partial charge on any atom is -0.493 e. The number of hydrogen-bond acceptors (Lipinski definition) is 6. The molecular weight excluding hydrogens is 320 g/mol. The van der Waals surface area contributed by atoms with Crippen LogP contribution in [-0.4, -0.2) is 21.3 Å². The van der Waals surface area contributed by atoms with E-state index in [2.05, 4.69) is 0 Å². The van der Waals surface area contributed by atoms with E-state index in [9.17, 15) is 4.79 Å². The molecule has 0 aromatic heterocycles. The van der Waals surface area contributed by atoms with Crippen molar-refractivity contribution in [1.82, 2.24) is 0 Å². The molecule has 0 spiro atoms. The predicted molar refractivity (Wildman–Crippen MR) is 97.5 cm³/mol. The topological polar surface area (TPSA) is 96.8 Å². The van der Waals surface area contributed by atoms with Gasteiger partial charge in [-0.3, -0.25) is 4.79 Å².